The average molecular weight is 130 g/mol. The molecule has 1 N–H and O–H groups in total. The zero-order valence-corrected chi connectivity index (χ0v) is 6.05. The van der Waals surface area contributed by atoms with Crippen LogP contribution < -0.4 is 0 Å². The molecule has 1 aliphatic rings. The van der Waals surface area contributed by atoms with Gasteiger partial charge >= 0.3 is 0 Å². The molecule has 0 aromatic heterocycles. The summed E-state index contributed by atoms with van der Waals surface area (Å²) in [6.45, 7) is 4.65. The molecular weight excluding hydrogens is 116 g/mol. The maximum absolute atomic E-state index is 9.31. The van der Waals surface area contributed by atoms with Crippen LogP contribution in [-0.4, -0.2) is 23.4 Å². The Bertz CT molecular complexity index is 99.1. The van der Waals surface area contributed by atoms with Crippen molar-refractivity contribution in [3.05, 3.63) is 0 Å². The van der Waals surface area contributed by atoms with E-state index in [-0.39, 0.29) is 11.7 Å². The van der Waals surface area contributed by atoms with Crippen molar-refractivity contribution in [2.75, 3.05) is 6.61 Å². The van der Waals surface area contributed by atoms with Gasteiger partial charge in [0.05, 0.1) is 11.7 Å². The van der Waals surface area contributed by atoms with Gasteiger partial charge in [0.15, 0.2) is 0 Å². The lowest BCUT2D eigenvalue weighted by molar-refractivity contribution is -0.132. The highest BCUT2D eigenvalue weighted by Gasteiger charge is 2.31. The zero-order chi connectivity index (χ0) is 6.91. The van der Waals surface area contributed by atoms with Crippen molar-refractivity contribution in [3.8, 4) is 0 Å². The SMILES string of the molecule is CC1(C)OCCC[C@H]1O. The molecule has 0 saturated carbocycles. The molecule has 0 spiro atoms. The zero-order valence-electron chi connectivity index (χ0n) is 6.05. The lowest BCUT2D eigenvalue weighted by Gasteiger charge is -2.34. The third-order valence-electron chi connectivity index (χ3n) is 1.90. The van der Waals surface area contributed by atoms with Gasteiger partial charge in [-0.1, -0.05) is 0 Å². The Morgan fingerprint density at radius 1 is 1.56 bits per heavy atom. The fourth-order valence-electron chi connectivity index (χ4n) is 1.06. The molecule has 2 heteroatoms. The first-order chi connectivity index (χ1) is 4.13. The molecule has 1 aliphatic heterocycles. The first kappa shape index (κ1) is 7.03. The van der Waals surface area contributed by atoms with Crippen LogP contribution >= 0.6 is 0 Å². The molecule has 1 saturated heterocycles. The molecule has 0 radical (unpaired) electrons. The molecule has 0 bridgehead atoms. The van der Waals surface area contributed by atoms with Crippen molar-refractivity contribution in [3.63, 3.8) is 0 Å². The topological polar surface area (TPSA) is 29.5 Å². The monoisotopic (exact) mass is 130 g/mol. The molecule has 0 unspecified atom stereocenters. The standard InChI is InChI=1S/C7H14O2/c1-7(2)6(8)4-3-5-9-7/h6,8H,3-5H2,1-2H3/t6-/m1/s1. The lowest BCUT2D eigenvalue weighted by atomic mass is 9.95. The van der Waals surface area contributed by atoms with Gasteiger partial charge in [0.2, 0.25) is 0 Å². The second-order valence-electron chi connectivity index (χ2n) is 3.11. The molecular formula is C7H14O2. The molecule has 1 heterocycles. The highest BCUT2D eigenvalue weighted by molar-refractivity contribution is 4.81. The van der Waals surface area contributed by atoms with E-state index in [1.54, 1.807) is 0 Å². The Hall–Kier alpha value is -0.0800. The third kappa shape index (κ3) is 1.43. The van der Waals surface area contributed by atoms with Gasteiger partial charge < -0.3 is 9.84 Å². The molecule has 0 aromatic carbocycles. The van der Waals surface area contributed by atoms with E-state index in [2.05, 4.69) is 0 Å². The maximum Gasteiger partial charge on any atom is 0.0884 e. The minimum Gasteiger partial charge on any atom is -0.390 e. The van der Waals surface area contributed by atoms with Gasteiger partial charge in [0.1, 0.15) is 0 Å². The third-order valence-corrected chi connectivity index (χ3v) is 1.90. The summed E-state index contributed by atoms with van der Waals surface area (Å²) in [6, 6.07) is 0. The summed E-state index contributed by atoms with van der Waals surface area (Å²) in [7, 11) is 0. The van der Waals surface area contributed by atoms with E-state index in [0.717, 1.165) is 19.4 Å². The predicted molar refractivity (Wildman–Crippen MR) is 35.3 cm³/mol. The second-order valence-corrected chi connectivity index (χ2v) is 3.11. The van der Waals surface area contributed by atoms with E-state index in [4.69, 9.17) is 4.74 Å². The summed E-state index contributed by atoms with van der Waals surface area (Å²) in [5, 5.41) is 9.31. The molecule has 9 heavy (non-hydrogen) atoms. The summed E-state index contributed by atoms with van der Waals surface area (Å²) >= 11 is 0. The number of aliphatic hydroxyl groups is 1. The van der Waals surface area contributed by atoms with Crippen molar-refractivity contribution >= 4 is 0 Å². The van der Waals surface area contributed by atoms with Gasteiger partial charge in [-0.25, -0.2) is 0 Å². The van der Waals surface area contributed by atoms with Crippen LogP contribution in [0.2, 0.25) is 0 Å². The Labute approximate surface area is 55.8 Å². The minimum absolute atomic E-state index is 0.272. The van der Waals surface area contributed by atoms with Crippen LogP contribution in [0.25, 0.3) is 0 Å². The van der Waals surface area contributed by atoms with Gasteiger partial charge in [-0.05, 0) is 26.7 Å². The van der Waals surface area contributed by atoms with Crippen LogP contribution in [0.1, 0.15) is 26.7 Å². The second kappa shape index (κ2) is 2.27. The molecule has 0 aliphatic carbocycles. The van der Waals surface area contributed by atoms with Crippen molar-refractivity contribution in [2.24, 2.45) is 0 Å². The lowest BCUT2D eigenvalue weighted by Crippen LogP contribution is -2.42. The summed E-state index contributed by atoms with van der Waals surface area (Å²) in [5.41, 5.74) is -0.307. The Morgan fingerprint density at radius 2 is 2.22 bits per heavy atom. The van der Waals surface area contributed by atoms with Crippen LogP contribution in [-0.2, 0) is 4.74 Å². The Morgan fingerprint density at radius 3 is 2.56 bits per heavy atom. The van der Waals surface area contributed by atoms with E-state index < -0.39 is 0 Å². The highest BCUT2D eigenvalue weighted by Crippen LogP contribution is 2.23. The molecule has 2 nitrogen and oxygen atoms in total. The fourth-order valence-corrected chi connectivity index (χ4v) is 1.06. The number of aliphatic hydroxyl groups excluding tert-OH is 1. The van der Waals surface area contributed by atoms with Crippen LogP contribution in [0.15, 0.2) is 0 Å². The summed E-state index contributed by atoms with van der Waals surface area (Å²) in [5.74, 6) is 0. The first-order valence-electron chi connectivity index (χ1n) is 3.45. The quantitative estimate of drug-likeness (QED) is 0.528. The van der Waals surface area contributed by atoms with Gasteiger partial charge in [0, 0.05) is 6.61 Å². The van der Waals surface area contributed by atoms with Crippen LogP contribution in [0.5, 0.6) is 0 Å². The molecule has 54 valence electrons. The van der Waals surface area contributed by atoms with Crippen LogP contribution in [0, 0.1) is 0 Å². The first-order valence-corrected chi connectivity index (χ1v) is 3.45. The molecule has 0 amide bonds. The number of rotatable bonds is 0. The van der Waals surface area contributed by atoms with E-state index in [1.807, 2.05) is 13.8 Å². The molecule has 1 rings (SSSR count). The van der Waals surface area contributed by atoms with Crippen LogP contribution in [0.4, 0.5) is 0 Å². The average Bonchev–Trinajstić information content (AvgIpc) is 1.77. The Balaban J connectivity index is 2.49. The van der Waals surface area contributed by atoms with Gasteiger partial charge in [0.25, 0.3) is 0 Å². The number of hydrogen-bond acceptors (Lipinski definition) is 2. The van der Waals surface area contributed by atoms with Gasteiger partial charge in [-0.3, -0.25) is 0 Å². The number of hydrogen-bond donors (Lipinski definition) is 1. The minimum atomic E-state index is -0.307. The smallest absolute Gasteiger partial charge is 0.0884 e. The van der Waals surface area contributed by atoms with Crippen molar-refractivity contribution in [2.45, 2.75) is 38.4 Å². The van der Waals surface area contributed by atoms with E-state index >= 15 is 0 Å². The fraction of sp³-hybridized carbons (Fsp3) is 1.00. The van der Waals surface area contributed by atoms with Gasteiger partial charge in [-0.15, -0.1) is 0 Å². The Kier molecular flexibility index (Phi) is 1.78. The maximum atomic E-state index is 9.31. The van der Waals surface area contributed by atoms with Crippen molar-refractivity contribution in [1.82, 2.24) is 0 Å². The molecule has 1 atom stereocenters. The van der Waals surface area contributed by atoms with Gasteiger partial charge in [-0.2, -0.15) is 0 Å². The molecule has 0 aromatic rings. The molecule has 1 fully saturated rings. The van der Waals surface area contributed by atoms with E-state index in [1.165, 1.54) is 0 Å². The predicted octanol–water partition coefficient (Wildman–Crippen LogP) is 0.936. The largest absolute Gasteiger partial charge is 0.390 e. The number of ether oxygens (including phenoxy) is 1. The van der Waals surface area contributed by atoms with E-state index in [9.17, 15) is 5.11 Å². The highest BCUT2D eigenvalue weighted by atomic mass is 16.5. The van der Waals surface area contributed by atoms with Crippen molar-refractivity contribution in [1.29, 1.82) is 0 Å². The van der Waals surface area contributed by atoms with Crippen molar-refractivity contribution < 1.29 is 9.84 Å². The van der Waals surface area contributed by atoms with E-state index in [0.29, 0.717) is 0 Å². The summed E-state index contributed by atoms with van der Waals surface area (Å²) in [6.07, 6.45) is 1.60. The normalized spacial score (nSPS) is 34.3. The van der Waals surface area contributed by atoms with Crippen LogP contribution in [0.3, 0.4) is 0 Å². The summed E-state index contributed by atoms with van der Waals surface area (Å²) < 4.78 is 5.33. The summed E-state index contributed by atoms with van der Waals surface area (Å²) in [4.78, 5) is 0.